The number of aryl methyl sites for hydroxylation is 1. The van der Waals surface area contributed by atoms with Gasteiger partial charge in [-0.1, -0.05) is 5.16 Å². The number of furan rings is 1. The Morgan fingerprint density at radius 1 is 1.32 bits per heavy atom. The molecule has 138 valence electrons. The Hall–Kier alpha value is -2.36. The lowest BCUT2D eigenvalue weighted by molar-refractivity contribution is -0.273. The van der Waals surface area contributed by atoms with E-state index in [1.165, 1.54) is 19.9 Å². The van der Waals surface area contributed by atoms with Crippen molar-refractivity contribution in [1.82, 2.24) is 15.5 Å². The topological polar surface area (TPSA) is 101 Å². The summed E-state index contributed by atoms with van der Waals surface area (Å²) in [6.07, 6.45) is -6.05. The normalized spacial score (nSPS) is 15.0. The zero-order valence-electron chi connectivity index (χ0n) is 14.1. The van der Waals surface area contributed by atoms with Gasteiger partial charge in [-0.15, -0.1) is 0 Å². The third kappa shape index (κ3) is 3.84. The van der Waals surface area contributed by atoms with Crippen LogP contribution in [0.25, 0.3) is 0 Å². The highest BCUT2D eigenvalue weighted by molar-refractivity contribution is 5.73. The van der Waals surface area contributed by atoms with Gasteiger partial charge in [0.1, 0.15) is 11.5 Å². The summed E-state index contributed by atoms with van der Waals surface area (Å²) in [4.78, 5) is 15.1. The van der Waals surface area contributed by atoms with E-state index >= 15 is 0 Å². The summed E-state index contributed by atoms with van der Waals surface area (Å²) in [5.41, 5.74) is -4.37. The van der Waals surface area contributed by atoms with E-state index in [0.29, 0.717) is 0 Å². The first-order chi connectivity index (χ1) is 11.3. The van der Waals surface area contributed by atoms with E-state index in [1.807, 2.05) is 0 Å². The van der Waals surface area contributed by atoms with Crippen LogP contribution in [0.4, 0.5) is 13.2 Å². The highest BCUT2D eigenvalue weighted by Gasteiger charge is 2.58. The van der Waals surface area contributed by atoms with Crippen LogP contribution in [-0.4, -0.2) is 27.3 Å². The monoisotopic (exact) mass is 361 g/mol. The number of rotatable bonds is 5. The molecule has 0 unspecified atom stereocenters. The van der Waals surface area contributed by atoms with Crippen molar-refractivity contribution in [2.45, 2.75) is 51.4 Å². The summed E-state index contributed by atoms with van der Waals surface area (Å²) in [6, 6.07) is 2.35. The summed E-state index contributed by atoms with van der Waals surface area (Å²) in [5, 5.41) is 16.4. The zero-order chi connectivity index (χ0) is 19.0. The molecule has 0 aromatic carbocycles. The van der Waals surface area contributed by atoms with Gasteiger partial charge in [-0.2, -0.15) is 18.2 Å². The second kappa shape index (κ2) is 6.17. The van der Waals surface area contributed by atoms with Gasteiger partial charge in [-0.25, -0.2) is 0 Å². The Kier molecular flexibility index (Phi) is 4.69. The summed E-state index contributed by atoms with van der Waals surface area (Å²) < 4.78 is 50.1. The van der Waals surface area contributed by atoms with Crippen LogP contribution in [0.1, 0.15) is 44.0 Å². The number of carbonyl (C=O) groups excluding carboxylic acids is 1. The number of alkyl halides is 3. The molecule has 0 bridgehead atoms. The molecular weight excluding hydrogens is 343 g/mol. The summed E-state index contributed by atoms with van der Waals surface area (Å²) in [6.45, 7) is 5.87. The van der Waals surface area contributed by atoms with E-state index in [2.05, 4.69) is 15.5 Å². The van der Waals surface area contributed by atoms with Crippen LogP contribution in [0.2, 0.25) is 0 Å². The van der Waals surface area contributed by atoms with Crippen LogP contribution in [0.15, 0.2) is 21.1 Å². The molecule has 0 aliphatic rings. The molecule has 2 aromatic heterocycles. The number of aromatic nitrogens is 2. The average Bonchev–Trinajstić information content (AvgIpc) is 3.05. The molecule has 2 aromatic rings. The highest BCUT2D eigenvalue weighted by atomic mass is 19.4. The Labute approximate surface area is 141 Å². The molecule has 25 heavy (non-hydrogen) atoms. The number of nitrogens with one attached hydrogen (secondary N) is 1. The number of carbonyl (C=O) groups is 1. The van der Waals surface area contributed by atoms with Gasteiger partial charge in [0.15, 0.2) is 5.82 Å². The maximum Gasteiger partial charge on any atom is 0.425 e. The second-order valence-electron chi connectivity index (χ2n) is 6.26. The average molecular weight is 361 g/mol. The third-order valence-electron chi connectivity index (χ3n) is 3.54. The molecule has 1 amide bonds. The molecule has 2 N–H and O–H groups in total. The molecule has 0 saturated carbocycles. The quantitative estimate of drug-likeness (QED) is 0.848. The molecule has 0 saturated heterocycles. The van der Waals surface area contributed by atoms with Gasteiger partial charge in [0.2, 0.25) is 17.4 Å². The Morgan fingerprint density at radius 3 is 2.44 bits per heavy atom. The molecule has 2 heterocycles. The number of nitrogens with zero attached hydrogens (tertiary/aromatic N) is 2. The van der Waals surface area contributed by atoms with E-state index in [9.17, 15) is 23.1 Å². The zero-order valence-corrected chi connectivity index (χ0v) is 14.1. The summed E-state index contributed by atoms with van der Waals surface area (Å²) in [5.74, 6) is -1.27. The lowest BCUT2D eigenvalue weighted by Crippen LogP contribution is -2.44. The molecule has 0 fully saturated rings. The number of hydrogen-bond donors (Lipinski definition) is 2. The van der Waals surface area contributed by atoms with Crippen molar-refractivity contribution in [3.63, 3.8) is 0 Å². The molecule has 0 radical (unpaired) electrons. The molecule has 0 aliphatic heterocycles. The standard InChI is InChI=1S/C15H18F3N3O4/c1-8-5-6-10(24-8)14(23,15(16,17)18)7-11-19-12(21-25-11)13(3,4)20-9(2)22/h5-6,23H,7H2,1-4H3,(H,20,22)/t14-/m1/s1. The van der Waals surface area contributed by atoms with E-state index < -0.39 is 35.4 Å². The van der Waals surface area contributed by atoms with E-state index in [1.54, 1.807) is 13.8 Å². The minimum absolute atomic E-state index is 0.0159. The fourth-order valence-corrected chi connectivity index (χ4v) is 2.28. The van der Waals surface area contributed by atoms with E-state index in [-0.39, 0.29) is 17.5 Å². The van der Waals surface area contributed by atoms with Crippen molar-refractivity contribution in [2.75, 3.05) is 0 Å². The molecule has 7 nitrogen and oxygen atoms in total. The van der Waals surface area contributed by atoms with Gasteiger partial charge in [-0.3, -0.25) is 4.79 Å². The molecule has 0 aliphatic carbocycles. The van der Waals surface area contributed by atoms with Gasteiger partial charge in [0, 0.05) is 6.92 Å². The van der Waals surface area contributed by atoms with E-state index in [4.69, 9.17) is 8.94 Å². The van der Waals surface area contributed by atoms with Crippen LogP contribution in [0.3, 0.4) is 0 Å². The van der Waals surface area contributed by atoms with Gasteiger partial charge in [-0.05, 0) is 32.9 Å². The van der Waals surface area contributed by atoms with Crippen molar-refractivity contribution in [3.8, 4) is 0 Å². The minimum Gasteiger partial charge on any atom is -0.463 e. The first-order valence-corrected chi connectivity index (χ1v) is 7.33. The molecule has 10 heteroatoms. The maximum absolute atomic E-state index is 13.4. The van der Waals surface area contributed by atoms with Gasteiger partial charge < -0.3 is 19.4 Å². The molecule has 1 atom stereocenters. The van der Waals surface area contributed by atoms with Crippen molar-refractivity contribution in [3.05, 3.63) is 35.4 Å². The Balaban J connectivity index is 2.34. The van der Waals surface area contributed by atoms with Crippen molar-refractivity contribution >= 4 is 5.91 Å². The molecule has 0 spiro atoms. The van der Waals surface area contributed by atoms with Crippen LogP contribution < -0.4 is 5.32 Å². The third-order valence-corrected chi connectivity index (χ3v) is 3.54. The second-order valence-corrected chi connectivity index (χ2v) is 6.26. The van der Waals surface area contributed by atoms with Crippen LogP contribution in [0, 0.1) is 6.92 Å². The number of hydrogen-bond acceptors (Lipinski definition) is 6. The van der Waals surface area contributed by atoms with Crippen molar-refractivity contribution in [1.29, 1.82) is 0 Å². The van der Waals surface area contributed by atoms with Gasteiger partial charge >= 0.3 is 6.18 Å². The van der Waals surface area contributed by atoms with Crippen molar-refractivity contribution < 1.29 is 32.0 Å². The van der Waals surface area contributed by atoms with Crippen LogP contribution in [0.5, 0.6) is 0 Å². The number of amides is 1. The minimum atomic E-state index is -5.03. The largest absolute Gasteiger partial charge is 0.463 e. The van der Waals surface area contributed by atoms with Gasteiger partial charge in [0.05, 0.1) is 12.0 Å². The predicted molar refractivity (Wildman–Crippen MR) is 78.2 cm³/mol. The number of aliphatic hydroxyl groups is 1. The Bertz CT molecular complexity index is 766. The van der Waals surface area contributed by atoms with Crippen molar-refractivity contribution in [2.24, 2.45) is 0 Å². The van der Waals surface area contributed by atoms with Crippen LogP contribution >= 0.6 is 0 Å². The fourth-order valence-electron chi connectivity index (χ4n) is 2.28. The van der Waals surface area contributed by atoms with E-state index in [0.717, 1.165) is 6.07 Å². The molecule has 2 rings (SSSR count). The summed E-state index contributed by atoms with van der Waals surface area (Å²) in [7, 11) is 0. The highest BCUT2D eigenvalue weighted by Crippen LogP contribution is 2.42. The first kappa shape index (κ1) is 19.0. The Morgan fingerprint density at radius 2 is 1.96 bits per heavy atom. The smallest absolute Gasteiger partial charge is 0.425 e. The lowest BCUT2D eigenvalue weighted by Gasteiger charge is -2.27. The molecular formula is C15H18F3N3O4. The number of halogens is 3. The SMILES string of the molecule is CC(=O)NC(C)(C)c1noc(C[C@@](O)(c2ccc(C)o2)C(F)(F)F)n1. The summed E-state index contributed by atoms with van der Waals surface area (Å²) >= 11 is 0. The predicted octanol–water partition coefficient (Wildman–Crippen LogP) is 2.33. The first-order valence-electron chi connectivity index (χ1n) is 7.33. The van der Waals surface area contributed by atoms with Gasteiger partial charge in [0.25, 0.3) is 0 Å². The van der Waals surface area contributed by atoms with Crippen LogP contribution in [-0.2, 0) is 22.4 Å². The maximum atomic E-state index is 13.4. The lowest BCUT2D eigenvalue weighted by atomic mass is 9.95. The fraction of sp³-hybridized carbons (Fsp3) is 0.533.